The second kappa shape index (κ2) is 93.6. The van der Waals surface area contributed by atoms with Crippen LogP contribution in [0.15, 0.2) is 72.8 Å². The Labute approximate surface area is 848 Å². The third-order valence-electron chi connectivity index (χ3n) is 17.1. The van der Waals surface area contributed by atoms with E-state index >= 15 is 0 Å². The Kier molecular flexibility index (Phi) is 96.4. The molecule has 0 heterocycles. The molecule has 41 nitrogen and oxygen atoms in total. The number of anilines is 4. The van der Waals surface area contributed by atoms with E-state index in [2.05, 4.69) is 134 Å². The fourth-order valence-electron chi connectivity index (χ4n) is 10.1. The fourth-order valence-corrected chi connectivity index (χ4v) is 12.0. The lowest BCUT2D eigenvalue weighted by molar-refractivity contribution is -0.192. The van der Waals surface area contributed by atoms with Crippen LogP contribution in [-0.4, -0.2) is 327 Å². The van der Waals surface area contributed by atoms with Gasteiger partial charge in [0.05, 0.1) is 151 Å². The highest BCUT2D eigenvalue weighted by Crippen LogP contribution is 2.24. The minimum Gasteiger partial charge on any atom is -0.481 e. The summed E-state index contributed by atoms with van der Waals surface area (Å²) in [6, 6.07) is 20.7. The van der Waals surface area contributed by atoms with Crippen LogP contribution in [0, 0.1) is 31.3 Å². The van der Waals surface area contributed by atoms with Crippen LogP contribution < -0.4 is 63.8 Å². The van der Waals surface area contributed by atoms with Gasteiger partial charge in [-0.15, -0.1) is 46.4 Å². The molecule has 17 N–H and O–H groups in total. The van der Waals surface area contributed by atoms with Crippen molar-refractivity contribution in [2.24, 2.45) is 5.73 Å². The van der Waals surface area contributed by atoms with Crippen molar-refractivity contribution in [3.05, 3.63) is 115 Å². The van der Waals surface area contributed by atoms with Crippen molar-refractivity contribution >= 4 is 262 Å². The molecular weight excluding hydrogens is 2090 g/mol. The Hall–Kier alpha value is -9.01. The number of hydrogen-bond donors (Lipinski definition) is 14. The summed E-state index contributed by atoms with van der Waals surface area (Å²) in [5, 5.41) is 50.3. The predicted octanol–water partition coefficient (Wildman–Crippen LogP) is 2.69. The summed E-state index contributed by atoms with van der Waals surface area (Å²) in [6.45, 7) is 12.5. The number of rotatable bonds is 56. The van der Waals surface area contributed by atoms with Crippen LogP contribution in [-0.2, 0) is 139 Å². The third kappa shape index (κ3) is 79.0. The van der Waals surface area contributed by atoms with E-state index < -0.39 is 54.4 Å². The maximum absolute atomic E-state index is 11.6. The minimum absolute atomic E-state index is 0. The lowest BCUT2D eigenvalue weighted by Gasteiger charge is -2.25. The zero-order valence-electron chi connectivity index (χ0n) is 77.3. The normalized spacial score (nSPS) is 11.2. The van der Waals surface area contributed by atoms with E-state index in [-0.39, 0.29) is 120 Å². The van der Waals surface area contributed by atoms with Crippen LogP contribution in [0.4, 0.5) is 22.7 Å². The summed E-state index contributed by atoms with van der Waals surface area (Å²) in [6.07, 6.45) is 5.96. The number of ether oxygens (including phenoxy) is 6. The quantitative estimate of drug-likeness (QED) is 0.00348. The topological polar surface area (TPSA) is 622 Å². The molecule has 4 rings (SSSR count). The number of aliphatic hydroxyl groups excluding tert-OH is 1. The van der Waals surface area contributed by atoms with Crippen molar-refractivity contribution in [2.75, 3.05) is 138 Å². The number of hydrogen-bond acceptors (Lipinski definition) is 38. The summed E-state index contributed by atoms with van der Waals surface area (Å²) in [5.41, 5.74) is 30.6. The molecule has 0 bridgehead atoms. The van der Waals surface area contributed by atoms with Crippen LogP contribution >= 0.6 is 91.6 Å². The van der Waals surface area contributed by atoms with E-state index in [0.717, 1.165) is 82.8 Å². The van der Waals surface area contributed by atoms with Crippen molar-refractivity contribution in [2.45, 2.75) is 155 Å². The molecule has 4 aromatic rings. The van der Waals surface area contributed by atoms with Gasteiger partial charge in [-0.05, 0) is 170 Å². The summed E-state index contributed by atoms with van der Waals surface area (Å²) < 4.78 is 28.9. The Bertz CT molecular complexity index is 4070. The van der Waals surface area contributed by atoms with E-state index in [0.29, 0.717) is 105 Å². The van der Waals surface area contributed by atoms with Gasteiger partial charge in [-0.2, -0.15) is 15.1 Å². The van der Waals surface area contributed by atoms with Crippen molar-refractivity contribution in [1.29, 1.82) is 0 Å². The smallest absolute Gasteiger partial charge is 0.373 e. The van der Waals surface area contributed by atoms with E-state index in [1.807, 2.05) is 86.9 Å². The molecule has 0 aliphatic heterocycles. The Balaban J connectivity index is -0.000000231. The molecule has 0 fully saturated rings. The summed E-state index contributed by atoms with van der Waals surface area (Å²) >= 11 is 27.8. The first kappa shape index (κ1) is 140. The second-order valence-corrected chi connectivity index (χ2v) is 30.7. The van der Waals surface area contributed by atoms with Crippen LogP contribution in [0.2, 0.25) is 0 Å². The zero-order valence-corrected chi connectivity index (χ0v) is 84.7. The van der Waals surface area contributed by atoms with E-state index in [9.17, 15) is 76.7 Å². The average Bonchev–Trinajstić information content (AvgIpc) is 1.32. The third-order valence-corrected chi connectivity index (χ3v) is 20.0. The number of methoxy groups -OCH3 is 6. The van der Waals surface area contributed by atoms with Crippen molar-refractivity contribution in [1.82, 2.24) is 36.8 Å². The van der Waals surface area contributed by atoms with Crippen LogP contribution in [0.5, 0.6) is 0 Å². The number of carbonyl (C=O) groups is 16. The monoisotopic (exact) mass is 2220 g/mol. The van der Waals surface area contributed by atoms with Crippen LogP contribution in [0.1, 0.15) is 106 Å². The number of Topliss-reactive ketones (excluding diaryl/α,β-unsaturated/α-hetero) is 1. The minimum atomic E-state index is -1.26. The molecule has 0 saturated heterocycles. The lowest BCUT2D eigenvalue weighted by Crippen LogP contribution is -2.40. The van der Waals surface area contributed by atoms with Gasteiger partial charge >= 0.3 is 59.9 Å². The molecule has 53 heteroatoms. The van der Waals surface area contributed by atoms with Gasteiger partial charge in [0, 0.05) is 112 Å². The number of hydroxylamine groups is 1. The van der Waals surface area contributed by atoms with Gasteiger partial charge in [0.1, 0.15) is 11.8 Å². The largest absolute Gasteiger partial charge is 0.481 e. The van der Waals surface area contributed by atoms with Gasteiger partial charge in [-0.25, -0.2) is 0 Å². The van der Waals surface area contributed by atoms with E-state index in [1.54, 1.807) is 0 Å². The Morgan fingerprint density at radius 2 is 0.794 bits per heavy atom. The zero-order chi connectivity index (χ0) is 104. The van der Waals surface area contributed by atoms with Gasteiger partial charge in [0.15, 0.2) is 0 Å². The molecule has 6 radical (unpaired) electrons. The molecule has 0 amide bonds. The number of ketones is 1. The molecule has 0 aromatic heterocycles. The number of nitrogens with two attached hydrogens (primary N) is 3. The maximum Gasteiger partial charge on any atom is 0.373 e. The molecule has 136 heavy (non-hydrogen) atoms. The second-order valence-electron chi connectivity index (χ2n) is 27.1. The molecule has 4 aromatic carbocycles. The van der Waals surface area contributed by atoms with Gasteiger partial charge in [-0.3, -0.25) is 47.9 Å². The lowest BCUT2D eigenvalue weighted by atomic mass is 9.91. The van der Waals surface area contributed by atoms with Crippen molar-refractivity contribution in [3.63, 3.8) is 0 Å². The van der Waals surface area contributed by atoms with Crippen LogP contribution in [0.3, 0.4) is 0 Å². The number of aliphatic carboxylic acids is 3. The number of carbonyl (C=O) groups excluding carboxylic acids is 15. The van der Waals surface area contributed by atoms with Gasteiger partial charge in [-0.1, -0.05) is 54.3 Å². The summed E-state index contributed by atoms with van der Waals surface area (Å²) in [7, 11) is 16.4. The molecule has 0 spiro atoms. The van der Waals surface area contributed by atoms with Gasteiger partial charge < -0.3 is 141 Å². The van der Waals surface area contributed by atoms with Gasteiger partial charge in [0.2, 0.25) is 0 Å². The first-order valence-corrected chi connectivity index (χ1v) is 45.2. The molecule has 7 atom stereocenters. The molecule has 0 aliphatic rings. The highest BCUT2D eigenvalue weighted by Gasteiger charge is 2.23. The number of carboxylic acids is 3. The van der Waals surface area contributed by atoms with Crippen molar-refractivity contribution < 1.29 is 141 Å². The van der Waals surface area contributed by atoms with E-state index in [4.69, 9.17) is 98.4 Å². The molecule has 0 aliphatic carbocycles. The number of alkyl halides is 5. The highest BCUT2D eigenvalue weighted by atomic mass is 127. The fraction of sp³-hybridized carbons (Fsp3) is 0.506. The standard InChI is InChI=1S/C17H24BCl2N2O3.C15H22Cl2N2O2.C13H18BN2O3.C7H11BNO4.C7H8IN.C6H10BINO3.C6H11BNO4.C5H9BNO3.C5H9NO5.CO2.CH4.H2/c1-13-3-4-16(22(7-5-19)8-6-20)10-14(13)9-15(21-18-12-23)11-17(24)25-2;1-11-2-3-14(19(6-4-16)7-5-17)9-12(11)8-13(18)10-15(20)21;1-9-3-4-11(15)5-10(9)6-12(16-14-8-17)7-13(18)19-2;1-5(11)6(9-8-4-10)3-7(12)13-2;1-5-2-3-6(9)4-7(5)8;1-12-6(11)2-5(3-8)9-7-4-10;1-12-6(11)2-5(3-9)8-7-4-10;1-10-5(9)2-3-7-6-4-8;1-11-6-3(5(9)10)2-4(7)8;2-1-3;;/h3-4,10,12,15,21H,5-9,11H2,1-2H3;2-3,9,13H,4-8,10,18H2,1H3,(H,20,21);3-5,8,12,16H,6-7,15H2,1-2H3;4,6,9H,3H2,1-2H3;2-4H,9H2,1H3;4-5,9H,2-3H2,1H3;4-5,8-9H,2-3H2,1H3;4,7H,2-3H2,1H3;3,6H,2H2,1H3,(H,7,8)(H,9,10);;1H4;1H/t15-;13-;12-;6-;;2*5-;;3-;;;/m0001.11.0.../s1/i;;;;;;;;;;;1+1. The highest BCUT2D eigenvalue weighted by molar-refractivity contribution is 14.1. The number of halogens is 6. The molecule has 0 unspecified atom stereocenters. The SMILES string of the molecule is C.COC(=O)CCN[B]C=O.COC(=O)C[C@@H](N[B]C=O)C(C)=O.COC(=O)C[C@H](CI)N[B]C=O.COC(=O)C[C@H](CO)N[B]C=O.COC(=O)C[C@H](Cc1cc(N(CCCl)CCCl)ccc1C)N[B]C=O.COC(=O)C[C@H](Cc1cc(N)ccc1C)N[B]C=O.CON[C@@H](CC(=O)O)C(=O)O.Cc1ccc(N(CCCl)CCCl)cc1C[C@H](N)CC(=O)O.Cc1ccc(N)cc1I.O=C=O.[2HH]. The molecular formula is C83H128B6Cl4I2N12O29. The van der Waals surface area contributed by atoms with Gasteiger partial charge in [0.25, 0.3) is 44.5 Å². The van der Waals surface area contributed by atoms with E-state index in [1.165, 1.54) is 95.5 Å². The predicted molar refractivity (Wildman–Crippen MR) is 547 cm³/mol. The maximum atomic E-state index is 11.6. The first-order valence-electron chi connectivity index (χ1n) is 40.4. The number of aryl methyl sites for hydroxylation is 4. The Morgan fingerprint density at radius 3 is 1.12 bits per heavy atom. The number of carboxylic acid groups (broad SMARTS) is 3. The molecule has 0 saturated carbocycles. The summed E-state index contributed by atoms with van der Waals surface area (Å²) in [5.74, 6) is -3.58. The number of esters is 6. The summed E-state index contributed by atoms with van der Waals surface area (Å²) in [4.78, 5) is 193. The number of nitrogen functional groups attached to an aromatic ring is 2. The number of nitrogens with one attached hydrogen (secondary N) is 7. The molecule has 754 valence electrons. The number of benzene rings is 4. The number of nitrogens with zero attached hydrogens (tertiary/aromatic N) is 2. The van der Waals surface area contributed by atoms with Crippen molar-refractivity contribution in [3.8, 4) is 0 Å². The number of aliphatic hydroxyl groups is 1. The first-order chi connectivity index (χ1) is 64.2. The average molecular weight is 2220 g/mol. The Morgan fingerprint density at radius 1 is 0.463 bits per heavy atom. The van der Waals surface area contributed by atoms with Crippen LogP contribution in [0.25, 0.3) is 0 Å².